The third-order valence-electron chi connectivity index (χ3n) is 4.95. The van der Waals surface area contributed by atoms with Crippen LogP contribution in [0.4, 0.5) is 10.5 Å². The molecule has 1 fully saturated rings. The third kappa shape index (κ3) is 7.25. The summed E-state index contributed by atoms with van der Waals surface area (Å²) in [7, 11) is 0. The van der Waals surface area contributed by atoms with Crippen molar-refractivity contribution in [3.8, 4) is 0 Å². The minimum Gasteiger partial charge on any atom is -0.352 e. The molecule has 0 radical (unpaired) electrons. The predicted octanol–water partition coefficient (Wildman–Crippen LogP) is 1.12. The standard InChI is InChI=1S/C20H31N5O3S/c1-3-15-6-4-5-7-16(15)22-18(26)14-24-9-11-25(12-10-24)19(27)17(8-13-29-2)23-20(21)28/h4-7,17H,3,8-14H2,1-2H3,(H,22,26)(H3,21,23,28). The van der Waals surface area contributed by atoms with E-state index in [0.717, 1.165) is 23.4 Å². The normalized spacial score (nSPS) is 15.6. The Morgan fingerprint density at radius 1 is 1.17 bits per heavy atom. The van der Waals surface area contributed by atoms with Crippen molar-refractivity contribution in [2.75, 3.05) is 50.0 Å². The van der Waals surface area contributed by atoms with Gasteiger partial charge in [-0.3, -0.25) is 14.5 Å². The zero-order chi connectivity index (χ0) is 21.2. The van der Waals surface area contributed by atoms with E-state index in [-0.39, 0.29) is 18.4 Å². The molecule has 8 nitrogen and oxygen atoms in total. The lowest BCUT2D eigenvalue weighted by Gasteiger charge is -2.36. The van der Waals surface area contributed by atoms with Crippen LogP contribution in [0, 0.1) is 0 Å². The Morgan fingerprint density at radius 2 is 1.86 bits per heavy atom. The third-order valence-corrected chi connectivity index (χ3v) is 5.59. The minimum absolute atomic E-state index is 0.0566. The van der Waals surface area contributed by atoms with Crippen LogP contribution in [0.5, 0.6) is 0 Å². The van der Waals surface area contributed by atoms with E-state index in [9.17, 15) is 14.4 Å². The monoisotopic (exact) mass is 421 g/mol. The van der Waals surface area contributed by atoms with E-state index in [2.05, 4.69) is 17.6 Å². The fraction of sp³-hybridized carbons (Fsp3) is 0.550. The highest BCUT2D eigenvalue weighted by atomic mass is 32.2. The van der Waals surface area contributed by atoms with Crippen molar-refractivity contribution >= 4 is 35.3 Å². The number of anilines is 1. The average Bonchev–Trinajstić information content (AvgIpc) is 2.71. The number of nitrogens with one attached hydrogen (secondary N) is 2. The van der Waals surface area contributed by atoms with Crippen LogP contribution < -0.4 is 16.4 Å². The molecule has 1 unspecified atom stereocenters. The topological polar surface area (TPSA) is 108 Å². The van der Waals surface area contributed by atoms with Crippen LogP contribution in [0.1, 0.15) is 18.9 Å². The summed E-state index contributed by atoms with van der Waals surface area (Å²) in [5.41, 5.74) is 7.17. The lowest BCUT2D eigenvalue weighted by molar-refractivity contribution is -0.135. The van der Waals surface area contributed by atoms with Gasteiger partial charge >= 0.3 is 6.03 Å². The summed E-state index contributed by atoms with van der Waals surface area (Å²) in [6, 6.07) is 6.51. The van der Waals surface area contributed by atoms with Gasteiger partial charge in [0.1, 0.15) is 6.04 Å². The highest BCUT2D eigenvalue weighted by molar-refractivity contribution is 7.98. The summed E-state index contributed by atoms with van der Waals surface area (Å²) < 4.78 is 0. The van der Waals surface area contributed by atoms with Gasteiger partial charge in [0, 0.05) is 31.9 Å². The molecule has 0 bridgehead atoms. The number of aryl methyl sites for hydroxylation is 1. The molecule has 0 saturated carbocycles. The molecule has 0 spiro atoms. The number of hydrogen-bond acceptors (Lipinski definition) is 5. The van der Waals surface area contributed by atoms with Gasteiger partial charge in [-0.1, -0.05) is 25.1 Å². The number of para-hydroxylation sites is 1. The Hall–Kier alpha value is -2.26. The van der Waals surface area contributed by atoms with Crippen molar-refractivity contribution in [3.05, 3.63) is 29.8 Å². The number of carbonyl (C=O) groups is 3. The second-order valence-corrected chi connectivity index (χ2v) is 7.99. The molecule has 2 rings (SSSR count). The van der Waals surface area contributed by atoms with E-state index in [0.29, 0.717) is 32.6 Å². The van der Waals surface area contributed by atoms with Gasteiger partial charge in [0.25, 0.3) is 0 Å². The first-order valence-electron chi connectivity index (χ1n) is 9.88. The molecule has 1 atom stereocenters. The van der Waals surface area contributed by atoms with E-state index < -0.39 is 12.1 Å². The molecule has 1 aliphatic rings. The molecular formula is C20H31N5O3S. The van der Waals surface area contributed by atoms with Crippen molar-refractivity contribution in [2.45, 2.75) is 25.8 Å². The van der Waals surface area contributed by atoms with Crippen molar-refractivity contribution in [2.24, 2.45) is 5.73 Å². The number of nitrogens with two attached hydrogens (primary N) is 1. The summed E-state index contributed by atoms with van der Waals surface area (Å²) in [5, 5.41) is 5.53. The number of nitrogens with zero attached hydrogens (tertiary/aromatic N) is 2. The molecule has 9 heteroatoms. The molecule has 0 aliphatic carbocycles. The number of benzene rings is 1. The molecule has 160 valence electrons. The highest BCUT2D eigenvalue weighted by Crippen LogP contribution is 2.15. The summed E-state index contributed by atoms with van der Waals surface area (Å²) >= 11 is 1.62. The van der Waals surface area contributed by atoms with E-state index in [1.807, 2.05) is 35.4 Å². The number of carbonyl (C=O) groups excluding carboxylic acids is 3. The Labute approximate surface area is 176 Å². The summed E-state index contributed by atoms with van der Waals surface area (Å²) in [5.74, 6) is 0.591. The molecule has 1 heterocycles. The van der Waals surface area contributed by atoms with Crippen LogP contribution >= 0.6 is 11.8 Å². The van der Waals surface area contributed by atoms with Crippen molar-refractivity contribution in [3.63, 3.8) is 0 Å². The van der Waals surface area contributed by atoms with Gasteiger partial charge in [0.05, 0.1) is 6.54 Å². The number of hydrogen-bond donors (Lipinski definition) is 3. The molecule has 1 saturated heterocycles. The molecule has 29 heavy (non-hydrogen) atoms. The summed E-state index contributed by atoms with van der Waals surface area (Å²) in [6.07, 6.45) is 3.35. The van der Waals surface area contributed by atoms with Crippen LogP contribution in [-0.2, 0) is 16.0 Å². The zero-order valence-corrected chi connectivity index (χ0v) is 18.0. The Kier molecular flexibility index (Phi) is 9.27. The quantitative estimate of drug-likeness (QED) is 0.554. The number of amides is 4. The molecular weight excluding hydrogens is 390 g/mol. The Bertz CT molecular complexity index is 707. The van der Waals surface area contributed by atoms with Crippen molar-refractivity contribution < 1.29 is 14.4 Å². The van der Waals surface area contributed by atoms with E-state index >= 15 is 0 Å². The highest BCUT2D eigenvalue weighted by Gasteiger charge is 2.28. The van der Waals surface area contributed by atoms with Gasteiger partial charge in [0.15, 0.2) is 0 Å². The van der Waals surface area contributed by atoms with Crippen molar-refractivity contribution in [1.29, 1.82) is 0 Å². The Balaban J connectivity index is 1.83. The number of piperazine rings is 1. The van der Waals surface area contributed by atoms with Gasteiger partial charge < -0.3 is 21.3 Å². The zero-order valence-electron chi connectivity index (χ0n) is 17.1. The fourth-order valence-corrected chi connectivity index (χ4v) is 3.83. The van der Waals surface area contributed by atoms with Gasteiger partial charge in [-0.25, -0.2) is 4.79 Å². The molecule has 0 aromatic heterocycles. The first kappa shape index (κ1) is 23.0. The van der Waals surface area contributed by atoms with E-state index in [1.54, 1.807) is 16.7 Å². The van der Waals surface area contributed by atoms with Gasteiger partial charge in [-0.05, 0) is 36.5 Å². The van der Waals surface area contributed by atoms with E-state index in [1.165, 1.54) is 0 Å². The molecule has 4 amide bonds. The number of urea groups is 1. The first-order valence-corrected chi connectivity index (χ1v) is 11.3. The SMILES string of the molecule is CCc1ccccc1NC(=O)CN1CCN(C(=O)C(CCSC)NC(N)=O)CC1. The smallest absolute Gasteiger partial charge is 0.312 e. The summed E-state index contributed by atoms with van der Waals surface area (Å²) in [6.45, 7) is 4.61. The maximum Gasteiger partial charge on any atom is 0.312 e. The summed E-state index contributed by atoms with van der Waals surface area (Å²) in [4.78, 5) is 40.1. The number of primary amides is 1. The lowest BCUT2D eigenvalue weighted by Crippen LogP contribution is -2.56. The maximum absolute atomic E-state index is 12.7. The van der Waals surface area contributed by atoms with Gasteiger partial charge in [-0.2, -0.15) is 11.8 Å². The predicted molar refractivity (Wildman–Crippen MR) is 117 cm³/mol. The Morgan fingerprint density at radius 3 is 2.48 bits per heavy atom. The van der Waals surface area contributed by atoms with Crippen molar-refractivity contribution in [1.82, 2.24) is 15.1 Å². The minimum atomic E-state index is -0.688. The average molecular weight is 422 g/mol. The molecule has 4 N–H and O–H groups in total. The van der Waals surface area contributed by atoms with Crippen LogP contribution in [0.3, 0.4) is 0 Å². The van der Waals surface area contributed by atoms with Crippen LogP contribution in [0.25, 0.3) is 0 Å². The first-order chi connectivity index (χ1) is 13.9. The van der Waals surface area contributed by atoms with E-state index in [4.69, 9.17) is 5.73 Å². The van der Waals surface area contributed by atoms with Crippen LogP contribution in [0.15, 0.2) is 24.3 Å². The molecule has 1 aliphatic heterocycles. The second-order valence-electron chi connectivity index (χ2n) is 7.00. The van der Waals surface area contributed by atoms with Gasteiger partial charge in [0.2, 0.25) is 11.8 Å². The molecule has 1 aromatic rings. The van der Waals surface area contributed by atoms with Gasteiger partial charge in [-0.15, -0.1) is 0 Å². The largest absolute Gasteiger partial charge is 0.352 e. The maximum atomic E-state index is 12.7. The fourth-order valence-electron chi connectivity index (χ4n) is 3.35. The number of rotatable bonds is 9. The lowest BCUT2D eigenvalue weighted by atomic mass is 10.1. The van der Waals surface area contributed by atoms with Crippen LogP contribution in [0.2, 0.25) is 0 Å². The molecule has 1 aromatic carbocycles. The second kappa shape index (κ2) is 11.7. The van der Waals surface area contributed by atoms with Crippen LogP contribution in [-0.4, -0.2) is 78.4 Å². The number of thioether (sulfide) groups is 1.